The van der Waals surface area contributed by atoms with E-state index in [1.807, 2.05) is 6.08 Å². The molecule has 0 spiro atoms. The minimum atomic E-state index is 0.360. The van der Waals surface area contributed by atoms with Crippen molar-refractivity contribution in [2.45, 2.75) is 64.7 Å². The fraction of sp³-hybridized carbons (Fsp3) is 0.722. The number of fused-ring (bicyclic) bond motifs is 4. The molecule has 0 aromatic carbocycles. The fourth-order valence-corrected chi connectivity index (χ4v) is 5.52. The summed E-state index contributed by atoms with van der Waals surface area (Å²) in [5.41, 5.74) is 5.43. The summed E-state index contributed by atoms with van der Waals surface area (Å²) in [6.45, 7) is 2.54. The molecule has 0 bridgehead atoms. The smallest absolute Gasteiger partial charge is 0.156 e. The second kappa shape index (κ2) is 4.07. The minimum Gasteiger partial charge on any atom is -0.295 e. The van der Waals surface area contributed by atoms with Gasteiger partial charge in [0.05, 0.1) is 0 Å². The molecule has 102 valence electrons. The highest BCUT2D eigenvalue weighted by molar-refractivity contribution is 5.93. The Bertz CT molecular complexity index is 496. The van der Waals surface area contributed by atoms with Crippen LogP contribution in [0.5, 0.6) is 0 Å². The van der Waals surface area contributed by atoms with E-state index in [9.17, 15) is 4.79 Å². The van der Waals surface area contributed by atoms with Crippen LogP contribution in [0.15, 0.2) is 22.8 Å². The lowest BCUT2D eigenvalue weighted by molar-refractivity contribution is -0.114. The van der Waals surface area contributed by atoms with Crippen molar-refractivity contribution in [1.82, 2.24) is 0 Å². The van der Waals surface area contributed by atoms with Crippen LogP contribution in [0.4, 0.5) is 0 Å². The number of hydrogen-bond acceptors (Lipinski definition) is 1. The lowest BCUT2D eigenvalue weighted by atomic mass is 9.58. The van der Waals surface area contributed by atoms with E-state index in [0.29, 0.717) is 11.2 Å². The molecule has 19 heavy (non-hydrogen) atoms. The van der Waals surface area contributed by atoms with Crippen LogP contribution in [0.3, 0.4) is 0 Å². The van der Waals surface area contributed by atoms with Gasteiger partial charge in [0, 0.05) is 6.42 Å². The normalized spacial score (nSPS) is 41.5. The number of hydrogen-bond donors (Lipinski definition) is 0. The Morgan fingerprint density at radius 1 is 1.11 bits per heavy atom. The molecule has 0 radical (unpaired) electrons. The maximum Gasteiger partial charge on any atom is 0.156 e. The molecule has 0 aromatic rings. The fourth-order valence-electron chi connectivity index (χ4n) is 5.52. The van der Waals surface area contributed by atoms with Gasteiger partial charge in [0.25, 0.3) is 0 Å². The molecule has 4 aliphatic rings. The molecule has 1 heteroatoms. The van der Waals surface area contributed by atoms with E-state index in [1.165, 1.54) is 50.5 Å². The zero-order valence-corrected chi connectivity index (χ0v) is 12.0. The van der Waals surface area contributed by atoms with Crippen molar-refractivity contribution in [1.29, 1.82) is 0 Å². The standard InChI is InChI=1S/C18H24O/c1-18-9-2-3-17(18)16-6-4-12-11-13(19)5-7-14(12)15(16)8-10-18/h11,16-17H,2-10H2,1H3/t16-,17-,18+/m1/s1. The molecule has 0 heterocycles. The van der Waals surface area contributed by atoms with Crippen LogP contribution in [0.25, 0.3) is 0 Å². The first-order chi connectivity index (χ1) is 9.17. The van der Waals surface area contributed by atoms with Crippen LogP contribution in [0.1, 0.15) is 64.7 Å². The summed E-state index contributed by atoms with van der Waals surface area (Å²) in [6, 6.07) is 0. The molecule has 0 unspecified atom stereocenters. The van der Waals surface area contributed by atoms with Gasteiger partial charge >= 0.3 is 0 Å². The number of allylic oxidation sites excluding steroid dienone is 4. The highest BCUT2D eigenvalue weighted by Crippen LogP contribution is 2.59. The SMILES string of the molecule is C[C@@]12CCC[C@@H]1[C@@H]1CCC3=CC(=O)CCC3=C1CC2. The van der Waals surface area contributed by atoms with Gasteiger partial charge in [0.15, 0.2) is 5.78 Å². The van der Waals surface area contributed by atoms with Gasteiger partial charge in [0.1, 0.15) is 0 Å². The highest BCUT2D eigenvalue weighted by atomic mass is 16.1. The number of ketones is 1. The molecule has 0 amide bonds. The summed E-state index contributed by atoms with van der Waals surface area (Å²) in [4.78, 5) is 11.6. The molecule has 0 aromatic heterocycles. The predicted molar refractivity (Wildman–Crippen MR) is 76.8 cm³/mol. The minimum absolute atomic E-state index is 0.360. The van der Waals surface area contributed by atoms with E-state index in [4.69, 9.17) is 0 Å². The average Bonchev–Trinajstić information content (AvgIpc) is 2.79. The first-order valence-corrected chi connectivity index (χ1v) is 8.13. The van der Waals surface area contributed by atoms with Crippen LogP contribution >= 0.6 is 0 Å². The van der Waals surface area contributed by atoms with E-state index in [-0.39, 0.29) is 0 Å². The van der Waals surface area contributed by atoms with Crippen molar-refractivity contribution in [3.05, 3.63) is 22.8 Å². The van der Waals surface area contributed by atoms with Crippen LogP contribution in [-0.2, 0) is 4.79 Å². The third-order valence-corrected chi connectivity index (χ3v) is 6.51. The summed E-state index contributed by atoms with van der Waals surface area (Å²) in [5, 5.41) is 0. The van der Waals surface area contributed by atoms with Gasteiger partial charge in [-0.2, -0.15) is 0 Å². The van der Waals surface area contributed by atoms with Crippen molar-refractivity contribution >= 4 is 5.78 Å². The molecular weight excluding hydrogens is 232 g/mol. The molecule has 0 saturated heterocycles. The monoisotopic (exact) mass is 256 g/mol. The maximum absolute atomic E-state index is 11.6. The van der Waals surface area contributed by atoms with Gasteiger partial charge < -0.3 is 0 Å². The molecule has 3 atom stereocenters. The molecular formula is C18H24O. The highest BCUT2D eigenvalue weighted by Gasteiger charge is 2.48. The molecule has 2 saturated carbocycles. The Kier molecular flexibility index (Phi) is 2.56. The molecule has 1 nitrogen and oxygen atoms in total. The molecule has 4 rings (SSSR count). The maximum atomic E-state index is 11.6. The zero-order chi connectivity index (χ0) is 13.0. The second-order valence-corrected chi connectivity index (χ2v) is 7.44. The van der Waals surface area contributed by atoms with E-state index < -0.39 is 0 Å². The second-order valence-electron chi connectivity index (χ2n) is 7.44. The largest absolute Gasteiger partial charge is 0.295 e. The van der Waals surface area contributed by atoms with Gasteiger partial charge in [0.2, 0.25) is 0 Å². The van der Waals surface area contributed by atoms with E-state index in [2.05, 4.69) is 6.92 Å². The Morgan fingerprint density at radius 2 is 2.00 bits per heavy atom. The number of carbonyl (C=O) groups is 1. The van der Waals surface area contributed by atoms with Crippen LogP contribution < -0.4 is 0 Å². The third-order valence-electron chi connectivity index (χ3n) is 6.51. The topological polar surface area (TPSA) is 17.1 Å². The zero-order valence-electron chi connectivity index (χ0n) is 12.0. The Labute approximate surface area is 116 Å². The van der Waals surface area contributed by atoms with Crippen LogP contribution in [0.2, 0.25) is 0 Å². The summed E-state index contributed by atoms with van der Waals surface area (Å²) in [7, 11) is 0. The molecule has 0 aliphatic heterocycles. The van der Waals surface area contributed by atoms with E-state index in [0.717, 1.165) is 24.7 Å². The summed E-state index contributed by atoms with van der Waals surface area (Å²) in [6.07, 6.45) is 13.3. The van der Waals surface area contributed by atoms with E-state index in [1.54, 1.807) is 11.1 Å². The van der Waals surface area contributed by atoms with Crippen molar-refractivity contribution in [3.8, 4) is 0 Å². The number of carbonyl (C=O) groups excluding carboxylic acids is 1. The molecule has 0 N–H and O–H groups in total. The first-order valence-electron chi connectivity index (χ1n) is 8.13. The first kappa shape index (κ1) is 11.9. The van der Waals surface area contributed by atoms with Gasteiger partial charge in [-0.1, -0.05) is 18.9 Å². The summed E-state index contributed by atoms with van der Waals surface area (Å²) < 4.78 is 0. The van der Waals surface area contributed by atoms with Crippen molar-refractivity contribution in [2.75, 3.05) is 0 Å². The predicted octanol–water partition coefficient (Wildman–Crippen LogP) is 4.58. The summed E-state index contributed by atoms with van der Waals surface area (Å²) >= 11 is 0. The lowest BCUT2D eigenvalue weighted by Gasteiger charge is -2.47. The van der Waals surface area contributed by atoms with Gasteiger partial charge in [-0.25, -0.2) is 0 Å². The number of rotatable bonds is 0. The van der Waals surface area contributed by atoms with Crippen LogP contribution in [0, 0.1) is 17.3 Å². The van der Waals surface area contributed by atoms with Crippen molar-refractivity contribution < 1.29 is 4.79 Å². The van der Waals surface area contributed by atoms with Crippen LogP contribution in [-0.4, -0.2) is 5.78 Å². The third kappa shape index (κ3) is 1.70. The average molecular weight is 256 g/mol. The Hall–Kier alpha value is -0.850. The Balaban J connectivity index is 1.75. The van der Waals surface area contributed by atoms with Gasteiger partial charge in [-0.05, 0) is 79.4 Å². The molecule has 2 fully saturated rings. The van der Waals surface area contributed by atoms with Crippen molar-refractivity contribution in [3.63, 3.8) is 0 Å². The van der Waals surface area contributed by atoms with Gasteiger partial charge in [-0.15, -0.1) is 0 Å². The molecule has 4 aliphatic carbocycles. The Morgan fingerprint density at radius 3 is 2.89 bits per heavy atom. The van der Waals surface area contributed by atoms with E-state index >= 15 is 0 Å². The summed E-state index contributed by atoms with van der Waals surface area (Å²) in [5.74, 6) is 2.17. The lowest BCUT2D eigenvalue weighted by Crippen LogP contribution is -2.36. The van der Waals surface area contributed by atoms with Gasteiger partial charge in [-0.3, -0.25) is 4.79 Å². The van der Waals surface area contributed by atoms with Crippen molar-refractivity contribution in [2.24, 2.45) is 17.3 Å². The quantitative estimate of drug-likeness (QED) is 0.620.